The van der Waals surface area contributed by atoms with Gasteiger partial charge in [0.15, 0.2) is 0 Å². The molecule has 0 saturated heterocycles. The lowest BCUT2D eigenvalue weighted by Crippen LogP contribution is -2.26. The number of ether oxygens (including phenoxy) is 1. The highest BCUT2D eigenvalue weighted by atomic mass is 35.5. The fourth-order valence-electron chi connectivity index (χ4n) is 3.00. The van der Waals surface area contributed by atoms with Crippen molar-refractivity contribution in [3.05, 3.63) is 60.2 Å². The maximum absolute atomic E-state index is 8.55. The Kier molecular flexibility index (Phi) is 6.71. The molecule has 0 aliphatic heterocycles. The molecule has 1 aromatic heterocycles. The fourth-order valence-corrected chi connectivity index (χ4v) is 3.00. The third-order valence-electron chi connectivity index (χ3n) is 4.06. The van der Waals surface area contributed by atoms with Crippen LogP contribution in [0.3, 0.4) is 0 Å². The van der Waals surface area contributed by atoms with Gasteiger partial charge in [0.05, 0.1) is 17.6 Å². The average molecular weight is 360 g/mol. The number of nitrogens with one attached hydrogen (secondary N) is 1. The molecule has 0 unspecified atom stereocenters. The second-order valence-corrected chi connectivity index (χ2v) is 6.48. The average Bonchev–Trinajstić information content (AvgIpc) is 2.85. The van der Waals surface area contributed by atoms with Crippen LogP contribution in [0.5, 0.6) is 5.75 Å². The maximum Gasteiger partial charge on any atom is 0.203 e. The monoisotopic (exact) mass is 359 g/mol. The summed E-state index contributed by atoms with van der Waals surface area (Å²) in [6.07, 6.45) is 0.876. The molecule has 5 heteroatoms. The molecule has 0 spiro atoms. The molecule has 0 aliphatic rings. The van der Waals surface area contributed by atoms with Crippen molar-refractivity contribution in [2.75, 3.05) is 6.61 Å². The Bertz CT molecular complexity index is 852. The molecule has 3 aromatic rings. The minimum absolute atomic E-state index is 0. The number of hydrogen-bond donors (Lipinski definition) is 1. The van der Waals surface area contributed by atoms with Crippen LogP contribution in [0.25, 0.3) is 11.0 Å². The quantitative estimate of drug-likeness (QED) is 0.621. The minimum Gasteiger partial charge on any atom is -0.494 e. The van der Waals surface area contributed by atoms with Crippen molar-refractivity contribution < 1.29 is 4.74 Å². The summed E-state index contributed by atoms with van der Waals surface area (Å²) >= 11 is 0. The Hall–Kier alpha value is -2.20. The molecule has 0 amide bonds. The van der Waals surface area contributed by atoms with Crippen molar-refractivity contribution in [3.8, 4) is 5.75 Å². The number of aromatic nitrogens is 2. The van der Waals surface area contributed by atoms with E-state index in [1.54, 1.807) is 0 Å². The van der Waals surface area contributed by atoms with E-state index in [0.29, 0.717) is 18.1 Å². The van der Waals surface area contributed by atoms with Crippen molar-refractivity contribution in [2.24, 2.45) is 5.92 Å². The number of fused-ring (bicyclic) bond motifs is 1. The molecular weight excluding hydrogens is 334 g/mol. The number of imidazole rings is 1. The van der Waals surface area contributed by atoms with E-state index >= 15 is 0 Å². The summed E-state index contributed by atoms with van der Waals surface area (Å²) < 4.78 is 9.97. The molecule has 3 rings (SSSR count). The van der Waals surface area contributed by atoms with Crippen LogP contribution >= 0.6 is 12.4 Å². The summed E-state index contributed by atoms with van der Waals surface area (Å²) in [5.74, 6) is 1.41. The normalized spacial score (nSPS) is 10.8. The summed E-state index contributed by atoms with van der Waals surface area (Å²) in [5.41, 5.74) is 2.84. The molecule has 25 heavy (non-hydrogen) atoms. The number of para-hydroxylation sites is 3. The van der Waals surface area contributed by atoms with E-state index < -0.39 is 0 Å². The van der Waals surface area contributed by atoms with Gasteiger partial charge in [-0.15, -0.1) is 12.4 Å². The van der Waals surface area contributed by atoms with E-state index in [9.17, 15) is 0 Å². The SMILES string of the molecule is CC(C)Cn1c(=N)n(CCCOc2ccccc2)c2ccccc21.Cl. The Morgan fingerprint density at radius 3 is 2.16 bits per heavy atom. The van der Waals surface area contributed by atoms with Gasteiger partial charge in [-0.05, 0) is 36.6 Å². The summed E-state index contributed by atoms with van der Waals surface area (Å²) in [4.78, 5) is 0. The lowest BCUT2D eigenvalue weighted by atomic mass is 10.2. The summed E-state index contributed by atoms with van der Waals surface area (Å²) in [5, 5.41) is 8.55. The number of rotatable bonds is 7. The van der Waals surface area contributed by atoms with Crippen molar-refractivity contribution in [1.82, 2.24) is 9.13 Å². The van der Waals surface area contributed by atoms with Crippen LogP contribution in [-0.2, 0) is 13.1 Å². The first-order chi connectivity index (χ1) is 11.7. The second-order valence-electron chi connectivity index (χ2n) is 6.48. The number of hydrogen-bond acceptors (Lipinski definition) is 2. The molecule has 0 atom stereocenters. The number of halogens is 1. The lowest BCUT2D eigenvalue weighted by Gasteiger charge is -2.08. The van der Waals surface area contributed by atoms with Crippen molar-refractivity contribution in [3.63, 3.8) is 0 Å². The fraction of sp³-hybridized carbons (Fsp3) is 0.350. The standard InChI is InChI=1S/C20H25N3O.ClH/c1-16(2)15-23-19-12-7-6-11-18(19)22(20(23)21)13-8-14-24-17-9-4-3-5-10-17;/h3-7,9-12,16,21H,8,13-15H2,1-2H3;1H. The van der Waals surface area contributed by atoms with E-state index in [2.05, 4.69) is 35.1 Å². The Morgan fingerprint density at radius 1 is 0.920 bits per heavy atom. The van der Waals surface area contributed by atoms with Gasteiger partial charge >= 0.3 is 0 Å². The van der Waals surface area contributed by atoms with E-state index in [0.717, 1.165) is 36.3 Å². The maximum atomic E-state index is 8.55. The smallest absolute Gasteiger partial charge is 0.203 e. The molecule has 4 nitrogen and oxygen atoms in total. The van der Waals surface area contributed by atoms with Crippen LogP contribution < -0.4 is 10.4 Å². The predicted octanol–water partition coefficient (Wildman–Crippen LogP) is 4.47. The zero-order valence-corrected chi connectivity index (χ0v) is 15.6. The molecule has 1 heterocycles. The summed E-state index contributed by atoms with van der Waals surface area (Å²) in [6, 6.07) is 18.2. The molecule has 0 fully saturated rings. The minimum atomic E-state index is 0. The van der Waals surface area contributed by atoms with Crippen LogP contribution in [0.4, 0.5) is 0 Å². The molecular formula is C20H26ClN3O. The molecule has 0 saturated carbocycles. The van der Waals surface area contributed by atoms with E-state index in [1.807, 2.05) is 42.5 Å². The van der Waals surface area contributed by atoms with Gasteiger partial charge in [0.1, 0.15) is 5.75 Å². The van der Waals surface area contributed by atoms with Gasteiger partial charge in [0, 0.05) is 13.1 Å². The van der Waals surface area contributed by atoms with Gasteiger partial charge in [-0.1, -0.05) is 44.2 Å². The molecule has 2 aromatic carbocycles. The van der Waals surface area contributed by atoms with Crippen LogP contribution in [0.15, 0.2) is 54.6 Å². The highest BCUT2D eigenvalue weighted by Gasteiger charge is 2.11. The largest absolute Gasteiger partial charge is 0.494 e. The van der Waals surface area contributed by atoms with Crippen molar-refractivity contribution in [2.45, 2.75) is 33.4 Å². The van der Waals surface area contributed by atoms with Crippen LogP contribution in [-0.4, -0.2) is 15.7 Å². The Labute approximate surface area is 155 Å². The number of benzene rings is 2. The predicted molar refractivity (Wildman–Crippen MR) is 104 cm³/mol. The first-order valence-electron chi connectivity index (χ1n) is 8.57. The third kappa shape index (κ3) is 4.45. The summed E-state index contributed by atoms with van der Waals surface area (Å²) in [7, 11) is 0. The van der Waals surface area contributed by atoms with Gasteiger partial charge < -0.3 is 13.9 Å². The highest BCUT2D eigenvalue weighted by Crippen LogP contribution is 2.15. The zero-order chi connectivity index (χ0) is 16.9. The molecule has 0 aliphatic carbocycles. The molecule has 1 N–H and O–H groups in total. The van der Waals surface area contributed by atoms with E-state index in [4.69, 9.17) is 10.1 Å². The van der Waals surface area contributed by atoms with Gasteiger partial charge in [-0.2, -0.15) is 0 Å². The van der Waals surface area contributed by atoms with E-state index in [1.165, 1.54) is 0 Å². The van der Waals surface area contributed by atoms with Crippen molar-refractivity contribution in [1.29, 1.82) is 5.41 Å². The summed E-state index contributed by atoms with van der Waals surface area (Å²) in [6.45, 7) is 6.68. The lowest BCUT2D eigenvalue weighted by molar-refractivity contribution is 0.301. The first-order valence-corrected chi connectivity index (χ1v) is 8.57. The van der Waals surface area contributed by atoms with Gasteiger partial charge in [0.2, 0.25) is 5.62 Å². The van der Waals surface area contributed by atoms with Crippen LogP contribution in [0, 0.1) is 11.3 Å². The first kappa shape index (κ1) is 19.1. The molecule has 0 radical (unpaired) electrons. The van der Waals surface area contributed by atoms with Crippen molar-refractivity contribution >= 4 is 23.4 Å². The van der Waals surface area contributed by atoms with Crippen LogP contribution in [0.1, 0.15) is 20.3 Å². The highest BCUT2D eigenvalue weighted by molar-refractivity contribution is 5.85. The van der Waals surface area contributed by atoms with Gasteiger partial charge in [-0.3, -0.25) is 5.41 Å². The van der Waals surface area contributed by atoms with Crippen LogP contribution in [0.2, 0.25) is 0 Å². The van der Waals surface area contributed by atoms with Gasteiger partial charge in [-0.25, -0.2) is 0 Å². The Morgan fingerprint density at radius 2 is 1.52 bits per heavy atom. The zero-order valence-electron chi connectivity index (χ0n) is 14.8. The number of nitrogens with zero attached hydrogens (tertiary/aromatic N) is 2. The number of aryl methyl sites for hydroxylation is 1. The molecule has 134 valence electrons. The topological polar surface area (TPSA) is 42.9 Å². The second kappa shape index (κ2) is 8.77. The molecule has 0 bridgehead atoms. The van der Waals surface area contributed by atoms with Gasteiger partial charge in [0.25, 0.3) is 0 Å². The third-order valence-corrected chi connectivity index (χ3v) is 4.06. The van der Waals surface area contributed by atoms with E-state index in [-0.39, 0.29) is 12.4 Å². The Balaban J connectivity index is 0.00000225.